The van der Waals surface area contributed by atoms with Gasteiger partial charge in [-0.15, -0.1) is 0 Å². The van der Waals surface area contributed by atoms with Crippen molar-refractivity contribution < 1.29 is 9.59 Å². The van der Waals surface area contributed by atoms with Gasteiger partial charge in [0.1, 0.15) is 10.5 Å². The Labute approximate surface area is 179 Å². The minimum Gasteiger partial charge on any atom is -0.378 e. The number of carbonyl (C=O) groups is 2. The van der Waals surface area contributed by atoms with Gasteiger partial charge in [-0.2, -0.15) is 9.98 Å². The van der Waals surface area contributed by atoms with Crippen LogP contribution in [-0.4, -0.2) is 22.1 Å². The van der Waals surface area contributed by atoms with Crippen LogP contribution in [0.1, 0.15) is 21.6 Å². The number of nitrogens with zero attached hydrogens (tertiary/aromatic N) is 2. The van der Waals surface area contributed by atoms with Crippen LogP contribution in [0.2, 0.25) is 10.0 Å². The summed E-state index contributed by atoms with van der Waals surface area (Å²) in [5.41, 5.74) is 12.4. The van der Waals surface area contributed by atoms with Crippen LogP contribution >= 0.6 is 46.7 Å². The van der Waals surface area contributed by atoms with E-state index in [1.54, 1.807) is 12.1 Å². The van der Waals surface area contributed by atoms with E-state index in [1.807, 2.05) is 36.4 Å². The van der Waals surface area contributed by atoms with Gasteiger partial charge < -0.3 is 11.5 Å². The Morgan fingerprint density at radius 2 is 1.07 bits per heavy atom. The van der Waals surface area contributed by atoms with Crippen LogP contribution in [0.15, 0.2) is 58.5 Å². The highest BCUT2D eigenvalue weighted by Crippen LogP contribution is 2.39. The average Bonchev–Trinajstić information content (AvgIpc) is 3.16. The molecule has 2 aliphatic rings. The molecule has 6 nitrogen and oxygen atoms in total. The molecule has 2 aromatic carbocycles. The van der Waals surface area contributed by atoms with Crippen molar-refractivity contribution in [3.63, 3.8) is 0 Å². The number of hydrogen-bond donors (Lipinski definition) is 2. The fraction of sp³-hybridized carbons (Fsp3) is 0.111. The molecule has 0 bridgehead atoms. The van der Waals surface area contributed by atoms with Crippen LogP contribution in [-0.2, 0) is 9.59 Å². The van der Waals surface area contributed by atoms with Gasteiger partial charge in [0.25, 0.3) is 11.8 Å². The van der Waals surface area contributed by atoms with Gasteiger partial charge in [0.2, 0.25) is 0 Å². The quantitative estimate of drug-likeness (QED) is 0.713. The number of rotatable bonds is 2. The van der Waals surface area contributed by atoms with E-state index in [1.165, 1.54) is 23.5 Å². The number of thioether (sulfide) groups is 2. The summed E-state index contributed by atoms with van der Waals surface area (Å²) in [4.78, 5) is 30.1. The molecule has 0 aromatic heterocycles. The highest BCUT2D eigenvalue weighted by Gasteiger charge is 2.30. The number of amides is 2. The zero-order valence-corrected chi connectivity index (χ0v) is 17.4. The highest BCUT2D eigenvalue weighted by molar-refractivity contribution is 8.15. The van der Waals surface area contributed by atoms with Crippen LogP contribution in [0.5, 0.6) is 0 Å². The molecule has 4 rings (SSSR count). The molecule has 0 radical (unpaired) electrons. The number of nitrogens with two attached hydrogens (primary N) is 2. The predicted molar refractivity (Wildman–Crippen MR) is 117 cm³/mol. The number of halogens is 2. The maximum Gasteiger partial charge on any atom is 0.266 e. The van der Waals surface area contributed by atoms with Gasteiger partial charge in [0.05, 0.1) is 0 Å². The molecule has 0 spiro atoms. The number of carbonyl (C=O) groups excluding carboxylic acids is 2. The van der Waals surface area contributed by atoms with Crippen molar-refractivity contribution in [2.45, 2.75) is 10.5 Å². The SMILES string of the molecule is NC1=NC(=O)C(c2ccccc2Cl)S1.NC1=NC(=O)C(c2ccccc2Cl)S1. The Balaban J connectivity index is 0.000000161. The van der Waals surface area contributed by atoms with E-state index in [2.05, 4.69) is 9.98 Å². The Morgan fingerprint density at radius 1 is 0.714 bits per heavy atom. The average molecular weight is 453 g/mol. The Morgan fingerprint density at radius 3 is 1.36 bits per heavy atom. The van der Waals surface area contributed by atoms with E-state index in [0.717, 1.165) is 11.1 Å². The largest absolute Gasteiger partial charge is 0.378 e. The summed E-state index contributed by atoms with van der Waals surface area (Å²) in [5.74, 6) is -0.471. The molecule has 144 valence electrons. The van der Waals surface area contributed by atoms with E-state index < -0.39 is 0 Å². The van der Waals surface area contributed by atoms with Gasteiger partial charge in [0.15, 0.2) is 10.3 Å². The molecule has 0 saturated heterocycles. The zero-order valence-electron chi connectivity index (χ0n) is 14.2. The fourth-order valence-electron chi connectivity index (χ4n) is 2.50. The van der Waals surface area contributed by atoms with Crippen LogP contribution < -0.4 is 11.5 Å². The molecule has 0 saturated carbocycles. The third-order valence-corrected chi connectivity index (χ3v) is 6.48. The fourth-order valence-corrected chi connectivity index (χ4v) is 4.86. The van der Waals surface area contributed by atoms with Gasteiger partial charge in [-0.1, -0.05) is 83.1 Å². The molecule has 2 atom stereocenters. The Hall–Kier alpha value is -2.00. The van der Waals surface area contributed by atoms with E-state index >= 15 is 0 Å². The molecule has 2 unspecified atom stereocenters. The Kier molecular flexibility index (Phi) is 6.66. The second-order valence-corrected chi connectivity index (χ2v) is 8.68. The minimum atomic E-state index is -0.372. The maximum absolute atomic E-state index is 11.4. The molecular formula is C18H14Cl2N4O2S2. The normalized spacial score (nSPS) is 21.1. The molecular weight excluding hydrogens is 439 g/mol. The van der Waals surface area contributed by atoms with Crippen molar-refractivity contribution in [2.75, 3.05) is 0 Å². The molecule has 2 amide bonds. The van der Waals surface area contributed by atoms with Gasteiger partial charge in [0, 0.05) is 10.0 Å². The maximum atomic E-state index is 11.4. The molecule has 28 heavy (non-hydrogen) atoms. The highest BCUT2D eigenvalue weighted by atomic mass is 35.5. The molecule has 0 aliphatic carbocycles. The van der Waals surface area contributed by atoms with Crippen molar-refractivity contribution in [1.29, 1.82) is 0 Å². The van der Waals surface area contributed by atoms with Gasteiger partial charge >= 0.3 is 0 Å². The zero-order chi connectivity index (χ0) is 20.3. The first-order valence-electron chi connectivity index (χ1n) is 7.95. The third kappa shape index (κ3) is 4.70. The smallest absolute Gasteiger partial charge is 0.266 e. The predicted octanol–water partition coefficient (Wildman–Crippen LogP) is 3.94. The topological polar surface area (TPSA) is 111 Å². The number of benzene rings is 2. The van der Waals surface area contributed by atoms with E-state index in [9.17, 15) is 9.59 Å². The summed E-state index contributed by atoms with van der Waals surface area (Å²) in [5, 5.41) is 1.01. The summed E-state index contributed by atoms with van der Waals surface area (Å²) < 4.78 is 0. The number of aliphatic imine (C=N–C) groups is 2. The first kappa shape index (κ1) is 20.7. The van der Waals surface area contributed by atoms with E-state index in [-0.39, 0.29) is 22.3 Å². The van der Waals surface area contributed by atoms with Crippen LogP contribution in [0.4, 0.5) is 0 Å². The van der Waals surface area contributed by atoms with Crippen molar-refractivity contribution in [1.82, 2.24) is 0 Å². The third-order valence-electron chi connectivity index (χ3n) is 3.74. The lowest BCUT2D eigenvalue weighted by Crippen LogP contribution is -2.03. The molecule has 0 fully saturated rings. The van der Waals surface area contributed by atoms with Gasteiger partial charge in [-0.25, -0.2) is 0 Å². The van der Waals surface area contributed by atoms with Crippen LogP contribution in [0.3, 0.4) is 0 Å². The summed E-state index contributed by atoms with van der Waals surface area (Å²) in [6, 6.07) is 14.4. The summed E-state index contributed by atoms with van der Waals surface area (Å²) in [6.07, 6.45) is 0. The minimum absolute atomic E-state index is 0.236. The van der Waals surface area contributed by atoms with Gasteiger partial charge in [-0.05, 0) is 23.3 Å². The van der Waals surface area contributed by atoms with Crippen molar-refractivity contribution in [3.05, 3.63) is 69.7 Å². The van der Waals surface area contributed by atoms with Crippen LogP contribution in [0.25, 0.3) is 0 Å². The monoisotopic (exact) mass is 452 g/mol. The summed E-state index contributed by atoms with van der Waals surface area (Å²) >= 11 is 14.4. The second kappa shape index (κ2) is 9.00. The molecule has 10 heteroatoms. The van der Waals surface area contributed by atoms with Crippen molar-refractivity contribution in [3.8, 4) is 0 Å². The van der Waals surface area contributed by atoms with E-state index in [4.69, 9.17) is 34.7 Å². The summed E-state index contributed by atoms with van der Waals surface area (Å²) in [7, 11) is 0. The van der Waals surface area contributed by atoms with E-state index in [0.29, 0.717) is 20.4 Å². The van der Waals surface area contributed by atoms with Crippen molar-refractivity contribution in [2.24, 2.45) is 21.5 Å². The number of amidine groups is 2. The molecule has 4 N–H and O–H groups in total. The molecule has 2 heterocycles. The molecule has 2 aliphatic heterocycles. The first-order valence-corrected chi connectivity index (χ1v) is 10.5. The summed E-state index contributed by atoms with van der Waals surface area (Å²) in [6.45, 7) is 0. The first-order chi connectivity index (χ1) is 13.4. The lowest BCUT2D eigenvalue weighted by Gasteiger charge is -2.07. The number of hydrogen-bond acceptors (Lipinski definition) is 6. The lowest BCUT2D eigenvalue weighted by molar-refractivity contribution is -0.118. The molecule has 2 aromatic rings. The van der Waals surface area contributed by atoms with Gasteiger partial charge in [-0.3, -0.25) is 9.59 Å². The lowest BCUT2D eigenvalue weighted by atomic mass is 10.1. The second-order valence-electron chi connectivity index (χ2n) is 5.62. The van der Waals surface area contributed by atoms with Crippen molar-refractivity contribution >= 4 is 68.9 Å². The Bertz CT molecular complexity index is 918. The standard InChI is InChI=1S/2C9H7ClN2OS/c2*10-6-4-2-1-3-5(6)7-8(13)12-9(11)14-7/h2*1-4,7H,(H2,11,12,13). The van der Waals surface area contributed by atoms with Crippen LogP contribution in [0, 0.1) is 0 Å².